The van der Waals surface area contributed by atoms with Crippen molar-refractivity contribution in [3.63, 3.8) is 0 Å². The second kappa shape index (κ2) is 16.6. The molecule has 1 aliphatic heterocycles. The molecular formula is C35H53N5O4. The Morgan fingerprint density at radius 3 is 2.50 bits per heavy atom. The van der Waals surface area contributed by atoms with E-state index in [2.05, 4.69) is 63.8 Å². The lowest BCUT2D eigenvalue weighted by atomic mass is 9.88. The van der Waals surface area contributed by atoms with E-state index < -0.39 is 6.23 Å². The van der Waals surface area contributed by atoms with Gasteiger partial charge in [0.2, 0.25) is 0 Å². The summed E-state index contributed by atoms with van der Waals surface area (Å²) in [7, 11) is 3.97. The summed E-state index contributed by atoms with van der Waals surface area (Å²) in [6.45, 7) is 15.0. The van der Waals surface area contributed by atoms with E-state index in [1.807, 2.05) is 26.0 Å². The third kappa shape index (κ3) is 8.94. The van der Waals surface area contributed by atoms with Gasteiger partial charge < -0.3 is 29.4 Å². The summed E-state index contributed by atoms with van der Waals surface area (Å²) in [6, 6.07) is 7.17. The molecule has 0 amide bonds. The van der Waals surface area contributed by atoms with Gasteiger partial charge >= 0.3 is 0 Å². The number of nitrogens with zero attached hydrogens (tertiary/aromatic N) is 3. The molecule has 1 saturated heterocycles. The Balaban J connectivity index is 1.58. The van der Waals surface area contributed by atoms with Crippen molar-refractivity contribution in [3.8, 4) is 11.8 Å². The summed E-state index contributed by atoms with van der Waals surface area (Å²) in [6.07, 6.45) is 3.60. The van der Waals surface area contributed by atoms with Gasteiger partial charge in [-0.3, -0.25) is 15.0 Å². The standard InChI is InChI=1S/C35H53N5O4/c1-7-40(30-12-10-29(11-13-30)38(5)15-18-43-6)33-23-28(9-8-14-39-16-19-44-20-17-39)22-31(27(33)4)34(41)36-24-32-25(2)21-26(3)37-35(32)42/h21-23,29-30,34,36,41H,7,10-20,24H2,1-6H3,(H,37,42). The van der Waals surface area contributed by atoms with Crippen LogP contribution in [0.4, 0.5) is 5.69 Å². The van der Waals surface area contributed by atoms with Crippen LogP contribution in [0.15, 0.2) is 23.0 Å². The highest BCUT2D eigenvalue weighted by atomic mass is 16.5. The molecule has 2 fully saturated rings. The third-order valence-corrected chi connectivity index (χ3v) is 9.35. The second-order valence-corrected chi connectivity index (χ2v) is 12.3. The molecule has 2 aromatic rings. The van der Waals surface area contributed by atoms with E-state index in [-0.39, 0.29) is 12.1 Å². The number of methoxy groups -OCH3 is 1. The number of aromatic amines is 1. The van der Waals surface area contributed by atoms with Crippen molar-refractivity contribution >= 4 is 5.69 Å². The molecule has 1 aromatic carbocycles. The molecule has 9 nitrogen and oxygen atoms in total. The number of pyridine rings is 1. The molecule has 3 N–H and O–H groups in total. The van der Waals surface area contributed by atoms with Crippen molar-refractivity contribution in [2.75, 3.05) is 71.6 Å². The number of rotatable bonds is 12. The van der Waals surface area contributed by atoms with Crippen molar-refractivity contribution in [3.05, 3.63) is 62.1 Å². The molecule has 242 valence electrons. The van der Waals surface area contributed by atoms with Crippen LogP contribution in [0.3, 0.4) is 0 Å². The Morgan fingerprint density at radius 2 is 1.84 bits per heavy atom. The van der Waals surface area contributed by atoms with Crippen molar-refractivity contribution in [1.29, 1.82) is 0 Å². The third-order valence-electron chi connectivity index (χ3n) is 9.35. The number of aromatic nitrogens is 1. The lowest BCUT2D eigenvalue weighted by Crippen LogP contribution is -2.44. The van der Waals surface area contributed by atoms with Crippen LogP contribution < -0.4 is 15.8 Å². The number of H-pyrrole nitrogens is 1. The molecule has 9 heteroatoms. The topological polar surface area (TPSA) is 93.3 Å². The van der Waals surface area contributed by atoms with E-state index in [0.717, 1.165) is 105 Å². The SMILES string of the molecule is CCN(c1cc(C#CCN2CCOCC2)cc(C(O)NCc2c(C)cc(C)[nH]c2=O)c1C)C1CCC(N(C)CCOC)CC1. The summed E-state index contributed by atoms with van der Waals surface area (Å²) in [4.78, 5) is 22.8. The highest BCUT2D eigenvalue weighted by molar-refractivity contribution is 5.62. The maximum Gasteiger partial charge on any atom is 0.252 e. The summed E-state index contributed by atoms with van der Waals surface area (Å²) in [5.41, 5.74) is 6.11. The van der Waals surface area contributed by atoms with Crippen molar-refractivity contribution in [2.45, 2.75) is 78.2 Å². The van der Waals surface area contributed by atoms with Gasteiger partial charge in [-0.2, -0.15) is 0 Å². The molecule has 2 aliphatic rings. The van der Waals surface area contributed by atoms with Gasteiger partial charge in [0.1, 0.15) is 6.23 Å². The van der Waals surface area contributed by atoms with Gasteiger partial charge in [-0.1, -0.05) is 11.8 Å². The molecular weight excluding hydrogens is 554 g/mol. The molecule has 4 rings (SSSR count). The van der Waals surface area contributed by atoms with Crippen LogP contribution in [0.1, 0.15) is 72.3 Å². The first-order valence-electron chi connectivity index (χ1n) is 16.2. The van der Waals surface area contributed by atoms with Crippen LogP contribution in [-0.2, 0) is 16.0 Å². The van der Waals surface area contributed by atoms with Crippen LogP contribution in [0.25, 0.3) is 0 Å². The number of aryl methyl sites for hydroxylation is 2. The monoisotopic (exact) mass is 607 g/mol. The van der Waals surface area contributed by atoms with Crippen LogP contribution in [-0.4, -0.2) is 98.7 Å². The van der Waals surface area contributed by atoms with Gasteiger partial charge in [-0.05, 0) is 89.8 Å². The predicted octanol–water partition coefficient (Wildman–Crippen LogP) is 3.48. The van der Waals surface area contributed by atoms with Crippen molar-refractivity contribution in [2.24, 2.45) is 0 Å². The maximum atomic E-state index is 12.6. The number of aliphatic hydroxyl groups is 1. The fourth-order valence-electron chi connectivity index (χ4n) is 6.65. The summed E-state index contributed by atoms with van der Waals surface area (Å²) in [5, 5.41) is 14.7. The quantitative estimate of drug-likeness (QED) is 0.250. The minimum Gasteiger partial charge on any atom is -0.383 e. The molecule has 1 saturated carbocycles. The predicted molar refractivity (Wildman–Crippen MR) is 177 cm³/mol. The van der Waals surface area contributed by atoms with Gasteiger partial charge in [-0.15, -0.1) is 0 Å². The number of ether oxygens (including phenoxy) is 2. The van der Waals surface area contributed by atoms with Gasteiger partial charge in [0.15, 0.2) is 0 Å². The molecule has 2 heterocycles. The average molecular weight is 608 g/mol. The maximum absolute atomic E-state index is 12.6. The zero-order valence-corrected chi connectivity index (χ0v) is 27.7. The smallest absolute Gasteiger partial charge is 0.252 e. The van der Waals surface area contributed by atoms with Crippen molar-refractivity contribution < 1.29 is 14.6 Å². The number of nitrogens with one attached hydrogen (secondary N) is 2. The largest absolute Gasteiger partial charge is 0.383 e. The number of hydrogen-bond donors (Lipinski definition) is 3. The number of hydrogen-bond acceptors (Lipinski definition) is 8. The van der Waals surface area contributed by atoms with Crippen LogP contribution in [0.5, 0.6) is 0 Å². The van der Waals surface area contributed by atoms with E-state index >= 15 is 0 Å². The molecule has 1 aromatic heterocycles. The summed E-state index contributed by atoms with van der Waals surface area (Å²) < 4.78 is 10.8. The number of likely N-dealkylation sites (N-methyl/N-ethyl adjacent to an activating group) is 1. The van der Waals surface area contributed by atoms with Crippen LogP contribution in [0, 0.1) is 32.6 Å². The summed E-state index contributed by atoms with van der Waals surface area (Å²) in [5.74, 6) is 6.78. The normalized spacial score (nSPS) is 19.9. The highest BCUT2D eigenvalue weighted by Gasteiger charge is 2.29. The number of benzene rings is 1. The van der Waals surface area contributed by atoms with E-state index in [1.54, 1.807) is 7.11 Å². The van der Waals surface area contributed by atoms with Crippen LogP contribution in [0.2, 0.25) is 0 Å². The Bertz CT molecular complexity index is 1340. The van der Waals surface area contributed by atoms with E-state index in [1.165, 1.54) is 0 Å². The average Bonchev–Trinajstić information content (AvgIpc) is 3.01. The molecule has 0 bridgehead atoms. The minimum atomic E-state index is -0.946. The zero-order chi connectivity index (χ0) is 31.6. The first kappa shape index (κ1) is 34.2. The zero-order valence-electron chi connectivity index (χ0n) is 27.7. The molecule has 1 atom stereocenters. The minimum absolute atomic E-state index is 0.122. The van der Waals surface area contributed by atoms with Crippen LogP contribution >= 0.6 is 0 Å². The Labute approximate surface area is 263 Å². The molecule has 0 spiro atoms. The van der Waals surface area contributed by atoms with Gasteiger partial charge in [0.25, 0.3) is 5.56 Å². The Morgan fingerprint density at radius 1 is 1.14 bits per heavy atom. The van der Waals surface area contributed by atoms with Gasteiger partial charge in [0, 0.05) is 80.0 Å². The molecule has 0 radical (unpaired) electrons. The van der Waals surface area contributed by atoms with E-state index in [0.29, 0.717) is 24.2 Å². The lowest BCUT2D eigenvalue weighted by molar-refractivity contribution is 0.0443. The van der Waals surface area contributed by atoms with Gasteiger partial charge in [-0.25, -0.2) is 0 Å². The highest BCUT2D eigenvalue weighted by Crippen LogP contribution is 2.34. The van der Waals surface area contributed by atoms with E-state index in [4.69, 9.17) is 9.47 Å². The second-order valence-electron chi connectivity index (χ2n) is 12.3. The molecule has 44 heavy (non-hydrogen) atoms. The number of anilines is 1. The fourth-order valence-corrected chi connectivity index (χ4v) is 6.65. The Hall–Kier alpha value is -2.71. The summed E-state index contributed by atoms with van der Waals surface area (Å²) >= 11 is 0. The first-order valence-corrected chi connectivity index (χ1v) is 16.2. The molecule has 1 aliphatic carbocycles. The Kier molecular flexibility index (Phi) is 12.9. The lowest BCUT2D eigenvalue weighted by Gasteiger charge is -2.41. The van der Waals surface area contributed by atoms with E-state index in [9.17, 15) is 9.90 Å². The van der Waals surface area contributed by atoms with Crippen molar-refractivity contribution in [1.82, 2.24) is 20.1 Å². The fraction of sp³-hybridized carbons (Fsp3) is 0.629. The first-order chi connectivity index (χ1) is 21.2. The number of morpholine rings is 1. The van der Waals surface area contributed by atoms with Gasteiger partial charge in [0.05, 0.1) is 26.4 Å². The number of aliphatic hydroxyl groups excluding tert-OH is 1. The molecule has 1 unspecified atom stereocenters.